The Bertz CT molecular complexity index is 369. The Balaban J connectivity index is 2.73. The van der Waals surface area contributed by atoms with E-state index in [4.69, 9.17) is 0 Å². The van der Waals surface area contributed by atoms with Gasteiger partial charge in [0.05, 0.1) is 5.56 Å². The second kappa shape index (κ2) is 4.96. The summed E-state index contributed by atoms with van der Waals surface area (Å²) in [4.78, 5) is 16.0. The molecule has 0 atom stereocenters. The van der Waals surface area contributed by atoms with Crippen LogP contribution < -0.4 is 10.6 Å². The molecule has 0 unspecified atom stereocenters. The van der Waals surface area contributed by atoms with E-state index >= 15 is 0 Å². The molecular formula is C12H19N3O. The fourth-order valence-corrected chi connectivity index (χ4v) is 1.23. The number of nitrogens with zero attached hydrogens (tertiary/aromatic N) is 1. The highest BCUT2D eigenvalue weighted by atomic mass is 16.1. The van der Waals surface area contributed by atoms with Crippen molar-refractivity contribution in [3.05, 3.63) is 23.9 Å². The number of aromatic nitrogens is 1. The number of carbonyl (C=O) groups is 1. The number of rotatable bonds is 3. The van der Waals surface area contributed by atoms with Crippen molar-refractivity contribution in [2.75, 3.05) is 18.9 Å². The fourth-order valence-electron chi connectivity index (χ4n) is 1.23. The van der Waals surface area contributed by atoms with Gasteiger partial charge < -0.3 is 10.6 Å². The van der Waals surface area contributed by atoms with Crippen LogP contribution in [0.2, 0.25) is 0 Å². The number of hydrogen-bond acceptors (Lipinski definition) is 3. The third kappa shape index (κ3) is 3.53. The Morgan fingerprint density at radius 1 is 1.44 bits per heavy atom. The van der Waals surface area contributed by atoms with Crippen LogP contribution in [-0.2, 0) is 0 Å². The van der Waals surface area contributed by atoms with Gasteiger partial charge in [0.15, 0.2) is 0 Å². The van der Waals surface area contributed by atoms with Crippen LogP contribution in [0.15, 0.2) is 18.3 Å². The van der Waals surface area contributed by atoms with Gasteiger partial charge in [-0.15, -0.1) is 0 Å². The van der Waals surface area contributed by atoms with Gasteiger partial charge in [-0.2, -0.15) is 0 Å². The van der Waals surface area contributed by atoms with Crippen molar-refractivity contribution in [2.45, 2.75) is 20.8 Å². The van der Waals surface area contributed by atoms with Crippen molar-refractivity contribution in [2.24, 2.45) is 5.41 Å². The Kier molecular flexibility index (Phi) is 3.88. The Labute approximate surface area is 96.5 Å². The first-order chi connectivity index (χ1) is 7.44. The van der Waals surface area contributed by atoms with Crippen LogP contribution in [0.3, 0.4) is 0 Å². The van der Waals surface area contributed by atoms with Crippen LogP contribution in [0.4, 0.5) is 5.82 Å². The van der Waals surface area contributed by atoms with Crippen LogP contribution in [-0.4, -0.2) is 24.5 Å². The maximum atomic E-state index is 11.9. The molecule has 1 aromatic heterocycles. The number of pyridine rings is 1. The highest BCUT2D eigenvalue weighted by Crippen LogP contribution is 2.13. The maximum Gasteiger partial charge on any atom is 0.255 e. The van der Waals surface area contributed by atoms with Crippen LogP contribution in [0.5, 0.6) is 0 Å². The molecule has 0 aliphatic heterocycles. The molecule has 4 heteroatoms. The van der Waals surface area contributed by atoms with Crippen molar-refractivity contribution >= 4 is 11.7 Å². The van der Waals surface area contributed by atoms with E-state index in [2.05, 4.69) is 36.4 Å². The van der Waals surface area contributed by atoms with Crippen molar-refractivity contribution in [3.8, 4) is 0 Å². The Morgan fingerprint density at radius 2 is 2.12 bits per heavy atom. The number of anilines is 1. The zero-order valence-electron chi connectivity index (χ0n) is 10.3. The average molecular weight is 221 g/mol. The SMILES string of the molecule is CNc1ncccc1C(=O)NCC(C)(C)C. The molecular weight excluding hydrogens is 202 g/mol. The summed E-state index contributed by atoms with van der Waals surface area (Å²) in [7, 11) is 1.75. The molecule has 0 aliphatic rings. The molecule has 0 radical (unpaired) electrons. The third-order valence-electron chi connectivity index (χ3n) is 2.07. The molecule has 0 aliphatic carbocycles. The fraction of sp³-hybridized carbons (Fsp3) is 0.500. The van der Waals surface area contributed by atoms with Gasteiger partial charge in [-0.25, -0.2) is 4.98 Å². The molecule has 0 fully saturated rings. The summed E-state index contributed by atoms with van der Waals surface area (Å²) in [6, 6.07) is 3.52. The predicted octanol–water partition coefficient (Wildman–Crippen LogP) is 1.90. The van der Waals surface area contributed by atoms with Gasteiger partial charge in [-0.1, -0.05) is 20.8 Å². The second-order valence-electron chi connectivity index (χ2n) is 4.89. The van der Waals surface area contributed by atoms with E-state index in [0.29, 0.717) is 17.9 Å². The van der Waals surface area contributed by atoms with Gasteiger partial charge in [0.2, 0.25) is 0 Å². The summed E-state index contributed by atoms with van der Waals surface area (Å²) in [5.41, 5.74) is 0.659. The van der Waals surface area contributed by atoms with Crippen LogP contribution in [0.1, 0.15) is 31.1 Å². The zero-order chi connectivity index (χ0) is 12.2. The lowest BCUT2D eigenvalue weighted by Crippen LogP contribution is -2.32. The molecule has 1 heterocycles. The average Bonchev–Trinajstić information content (AvgIpc) is 2.25. The van der Waals surface area contributed by atoms with E-state index in [1.54, 1.807) is 25.4 Å². The van der Waals surface area contributed by atoms with Gasteiger partial charge in [0, 0.05) is 19.8 Å². The molecule has 0 bridgehead atoms. The van der Waals surface area contributed by atoms with Crippen molar-refractivity contribution in [1.29, 1.82) is 0 Å². The highest BCUT2D eigenvalue weighted by Gasteiger charge is 2.15. The lowest BCUT2D eigenvalue weighted by Gasteiger charge is -2.19. The predicted molar refractivity (Wildman–Crippen MR) is 65.6 cm³/mol. The molecule has 88 valence electrons. The number of hydrogen-bond donors (Lipinski definition) is 2. The smallest absolute Gasteiger partial charge is 0.255 e. The second-order valence-corrected chi connectivity index (χ2v) is 4.89. The monoisotopic (exact) mass is 221 g/mol. The van der Waals surface area contributed by atoms with Gasteiger partial charge in [-0.3, -0.25) is 4.79 Å². The highest BCUT2D eigenvalue weighted by molar-refractivity contribution is 5.98. The first kappa shape index (κ1) is 12.5. The first-order valence-electron chi connectivity index (χ1n) is 5.35. The summed E-state index contributed by atoms with van der Waals surface area (Å²) in [5.74, 6) is 0.515. The lowest BCUT2D eigenvalue weighted by atomic mass is 9.97. The normalized spacial score (nSPS) is 11.0. The zero-order valence-corrected chi connectivity index (χ0v) is 10.3. The van der Waals surface area contributed by atoms with E-state index in [-0.39, 0.29) is 11.3 Å². The minimum atomic E-state index is -0.0904. The topological polar surface area (TPSA) is 54.0 Å². The quantitative estimate of drug-likeness (QED) is 0.819. The van der Waals surface area contributed by atoms with E-state index in [1.807, 2.05) is 0 Å². The number of carbonyl (C=O) groups excluding carboxylic acids is 1. The van der Waals surface area contributed by atoms with Crippen LogP contribution in [0.25, 0.3) is 0 Å². The molecule has 1 aromatic rings. The first-order valence-corrected chi connectivity index (χ1v) is 5.35. The van der Waals surface area contributed by atoms with Gasteiger partial charge in [0.1, 0.15) is 5.82 Å². The van der Waals surface area contributed by atoms with Gasteiger partial charge >= 0.3 is 0 Å². The van der Waals surface area contributed by atoms with Crippen molar-refractivity contribution < 1.29 is 4.79 Å². The van der Waals surface area contributed by atoms with E-state index < -0.39 is 0 Å². The largest absolute Gasteiger partial charge is 0.372 e. The standard InChI is InChI=1S/C12H19N3O/c1-12(2,3)8-15-11(16)9-6-5-7-14-10(9)13-4/h5-7H,8H2,1-4H3,(H,13,14)(H,15,16). The summed E-state index contributed by atoms with van der Waals surface area (Å²) in [6.45, 7) is 6.88. The summed E-state index contributed by atoms with van der Waals surface area (Å²) >= 11 is 0. The molecule has 0 saturated heterocycles. The number of nitrogens with one attached hydrogen (secondary N) is 2. The summed E-state index contributed by atoms with van der Waals surface area (Å²) < 4.78 is 0. The lowest BCUT2D eigenvalue weighted by molar-refractivity contribution is 0.0940. The molecule has 0 saturated carbocycles. The minimum absolute atomic E-state index is 0.0810. The van der Waals surface area contributed by atoms with E-state index in [1.165, 1.54) is 0 Å². The van der Waals surface area contributed by atoms with Crippen molar-refractivity contribution in [1.82, 2.24) is 10.3 Å². The van der Waals surface area contributed by atoms with E-state index in [9.17, 15) is 4.79 Å². The van der Waals surface area contributed by atoms with Crippen molar-refractivity contribution in [3.63, 3.8) is 0 Å². The molecule has 1 rings (SSSR count). The summed E-state index contributed by atoms with van der Waals surface area (Å²) in [6.07, 6.45) is 1.66. The maximum absolute atomic E-state index is 11.9. The molecule has 4 nitrogen and oxygen atoms in total. The molecule has 16 heavy (non-hydrogen) atoms. The Hall–Kier alpha value is -1.58. The Morgan fingerprint density at radius 3 is 2.69 bits per heavy atom. The number of amides is 1. The molecule has 2 N–H and O–H groups in total. The van der Waals surface area contributed by atoms with Crippen LogP contribution >= 0.6 is 0 Å². The molecule has 0 spiro atoms. The van der Waals surface area contributed by atoms with E-state index in [0.717, 1.165) is 0 Å². The molecule has 0 aromatic carbocycles. The van der Waals surface area contributed by atoms with Crippen LogP contribution in [0, 0.1) is 5.41 Å². The summed E-state index contributed by atoms with van der Waals surface area (Å²) in [5, 5.41) is 5.80. The van der Waals surface area contributed by atoms with Gasteiger partial charge in [-0.05, 0) is 17.5 Å². The molecule has 1 amide bonds. The van der Waals surface area contributed by atoms with Gasteiger partial charge in [0.25, 0.3) is 5.91 Å². The third-order valence-corrected chi connectivity index (χ3v) is 2.07. The minimum Gasteiger partial charge on any atom is -0.372 e.